The van der Waals surface area contributed by atoms with E-state index in [0.29, 0.717) is 11.6 Å². The molecule has 0 aliphatic heterocycles. The van der Waals surface area contributed by atoms with Crippen molar-refractivity contribution in [2.45, 2.75) is 4.83 Å². The number of ether oxygens (including phenoxy) is 1. The van der Waals surface area contributed by atoms with Gasteiger partial charge in [-0.05, 0) is 34.1 Å². The molecule has 0 saturated carbocycles. The Balaban J connectivity index is 2.60. The summed E-state index contributed by atoms with van der Waals surface area (Å²) in [7, 11) is 1.35. The second-order valence-electron chi connectivity index (χ2n) is 3.00. The van der Waals surface area contributed by atoms with Crippen molar-refractivity contribution in [2.75, 3.05) is 19.0 Å². The summed E-state index contributed by atoms with van der Waals surface area (Å²) in [6.07, 6.45) is 0. The molecule has 0 radical (unpaired) electrons. The Bertz CT molecular complexity index is 387. The van der Waals surface area contributed by atoms with Gasteiger partial charge in [0.2, 0.25) is 0 Å². The van der Waals surface area contributed by atoms with Gasteiger partial charge in [-0.1, -0.05) is 27.5 Å². The molecule has 0 heterocycles. The van der Waals surface area contributed by atoms with Gasteiger partial charge in [0, 0.05) is 21.7 Å². The SMILES string of the molecule is COC(=O)C(Br)CNc1cc(Cl)ccc1Br. The van der Waals surface area contributed by atoms with E-state index in [1.54, 1.807) is 12.1 Å². The summed E-state index contributed by atoms with van der Waals surface area (Å²) in [5.74, 6) is -0.314. The smallest absolute Gasteiger partial charge is 0.321 e. The summed E-state index contributed by atoms with van der Waals surface area (Å²) in [4.78, 5) is 10.8. The lowest BCUT2D eigenvalue weighted by molar-refractivity contribution is -0.139. The van der Waals surface area contributed by atoms with Crippen LogP contribution in [0, 0.1) is 0 Å². The minimum absolute atomic E-state index is 0.314. The number of carbonyl (C=O) groups excluding carboxylic acids is 1. The Morgan fingerprint density at radius 2 is 2.31 bits per heavy atom. The van der Waals surface area contributed by atoms with Gasteiger partial charge in [0.25, 0.3) is 0 Å². The van der Waals surface area contributed by atoms with Crippen molar-refractivity contribution in [3.05, 3.63) is 27.7 Å². The van der Waals surface area contributed by atoms with Crippen LogP contribution >= 0.6 is 43.5 Å². The van der Waals surface area contributed by atoms with E-state index in [-0.39, 0.29) is 10.8 Å². The monoisotopic (exact) mass is 369 g/mol. The second-order valence-corrected chi connectivity index (χ2v) is 5.39. The first-order valence-electron chi connectivity index (χ1n) is 4.45. The topological polar surface area (TPSA) is 38.3 Å². The molecule has 0 aliphatic rings. The van der Waals surface area contributed by atoms with Gasteiger partial charge in [-0.2, -0.15) is 0 Å². The van der Waals surface area contributed by atoms with Crippen molar-refractivity contribution in [3.63, 3.8) is 0 Å². The summed E-state index contributed by atoms with van der Waals surface area (Å²) in [6.45, 7) is 0.422. The van der Waals surface area contributed by atoms with Gasteiger partial charge in [-0.25, -0.2) is 0 Å². The average Bonchev–Trinajstić information content (AvgIpc) is 2.28. The average molecular weight is 371 g/mol. The van der Waals surface area contributed by atoms with Crippen LogP contribution in [0.5, 0.6) is 0 Å². The van der Waals surface area contributed by atoms with Gasteiger partial charge in [-0.15, -0.1) is 0 Å². The Hall–Kier alpha value is -0.260. The van der Waals surface area contributed by atoms with Gasteiger partial charge in [-0.3, -0.25) is 4.79 Å². The van der Waals surface area contributed by atoms with Crippen LogP contribution in [-0.4, -0.2) is 24.5 Å². The molecule has 0 saturated heterocycles. The molecule has 6 heteroatoms. The van der Waals surface area contributed by atoms with E-state index in [1.807, 2.05) is 6.07 Å². The third kappa shape index (κ3) is 3.96. The minimum atomic E-state index is -0.386. The highest BCUT2D eigenvalue weighted by molar-refractivity contribution is 9.10. The summed E-state index contributed by atoms with van der Waals surface area (Å²) in [6, 6.07) is 5.40. The zero-order valence-corrected chi connectivity index (χ0v) is 12.4. The Morgan fingerprint density at radius 1 is 1.62 bits per heavy atom. The molecule has 0 aliphatic carbocycles. The zero-order chi connectivity index (χ0) is 12.1. The summed E-state index contributed by atoms with van der Waals surface area (Å²) in [5.41, 5.74) is 0.834. The first-order chi connectivity index (χ1) is 7.54. The van der Waals surface area contributed by atoms with Crippen molar-refractivity contribution in [1.82, 2.24) is 0 Å². The quantitative estimate of drug-likeness (QED) is 0.651. The van der Waals surface area contributed by atoms with Crippen LogP contribution in [0.15, 0.2) is 22.7 Å². The van der Waals surface area contributed by atoms with Gasteiger partial charge in [0.1, 0.15) is 4.83 Å². The molecule has 0 fully saturated rings. The number of benzene rings is 1. The van der Waals surface area contributed by atoms with E-state index < -0.39 is 0 Å². The molecular weight excluding hydrogens is 361 g/mol. The zero-order valence-electron chi connectivity index (χ0n) is 8.47. The van der Waals surface area contributed by atoms with Crippen molar-refractivity contribution < 1.29 is 9.53 Å². The lowest BCUT2D eigenvalue weighted by atomic mass is 10.3. The van der Waals surface area contributed by atoms with Crippen LogP contribution in [0.3, 0.4) is 0 Å². The molecule has 1 N–H and O–H groups in total. The number of esters is 1. The van der Waals surface area contributed by atoms with Crippen molar-refractivity contribution in [1.29, 1.82) is 0 Å². The Kier molecular flexibility index (Phi) is 5.58. The van der Waals surface area contributed by atoms with Crippen LogP contribution in [0.2, 0.25) is 5.02 Å². The maximum Gasteiger partial charge on any atom is 0.321 e. The molecule has 1 rings (SSSR count). The van der Waals surface area contributed by atoms with E-state index in [2.05, 4.69) is 41.9 Å². The highest BCUT2D eigenvalue weighted by Crippen LogP contribution is 2.26. The highest BCUT2D eigenvalue weighted by Gasteiger charge is 2.15. The van der Waals surface area contributed by atoms with Crippen LogP contribution in [0.1, 0.15) is 0 Å². The largest absolute Gasteiger partial charge is 0.468 e. The van der Waals surface area contributed by atoms with E-state index >= 15 is 0 Å². The number of alkyl halides is 1. The molecule has 1 unspecified atom stereocenters. The number of halogens is 3. The number of nitrogens with one attached hydrogen (secondary N) is 1. The van der Waals surface area contributed by atoms with Gasteiger partial charge in [0.05, 0.1) is 7.11 Å². The number of carbonyl (C=O) groups is 1. The molecule has 3 nitrogen and oxygen atoms in total. The Labute approximate surface area is 116 Å². The summed E-state index contributed by atoms with van der Waals surface area (Å²) < 4.78 is 5.48. The van der Waals surface area contributed by atoms with E-state index in [0.717, 1.165) is 10.2 Å². The Morgan fingerprint density at radius 3 is 2.94 bits per heavy atom. The fourth-order valence-corrected chi connectivity index (χ4v) is 1.95. The number of hydrogen-bond acceptors (Lipinski definition) is 3. The molecule has 0 aromatic heterocycles. The summed E-state index contributed by atoms with van der Waals surface area (Å²) in [5, 5.41) is 3.72. The van der Waals surface area contributed by atoms with Crippen molar-refractivity contribution >= 4 is 55.1 Å². The maximum absolute atomic E-state index is 11.1. The van der Waals surface area contributed by atoms with Crippen molar-refractivity contribution in [2.24, 2.45) is 0 Å². The predicted molar refractivity (Wildman–Crippen MR) is 72.4 cm³/mol. The molecule has 88 valence electrons. The molecule has 1 atom stereocenters. The van der Waals surface area contributed by atoms with Crippen LogP contribution in [0.4, 0.5) is 5.69 Å². The lowest BCUT2D eigenvalue weighted by Crippen LogP contribution is -2.24. The van der Waals surface area contributed by atoms with E-state index in [1.165, 1.54) is 7.11 Å². The number of methoxy groups -OCH3 is 1. The standard InChI is InChI=1S/C10H10Br2ClNO2/c1-16-10(15)8(12)5-14-9-4-6(13)2-3-7(9)11/h2-4,8,14H,5H2,1H3. The molecule has 16 heavy (non-hydrogen) atoms. The van der Waals surface area contributed by atoms with E-state index in [9.17, 15) is 4.79 Å². The van der Waals surface area contributed by atoms with Crippen molar-refractivity contribution in [3.8, 4) is 0 Å². The predicted octanol–water partition coefficient (Wildman–Crippen LogP) is 3.45. The van der Waals surface area contributed by atoms with Gasteiger partial charge >= 0.3 is 5.97 Å². The molecule has 1 aromatic carbocycles. The normalized spacial score (nSPS) is 12.0. The minimum Gasteiger partial charge on any atom is -0.468 e. The number of anilines is 1. The number of hydrogen-bond donors (Lipinski definition) is 1. The number of rotatable bonds is 4. The van der Waals surface area contributed by atoms with Crippen LogP contribution in [-0.2, 0) is 9.53 Å². The lowest BCUT2D eigenvalue weighted by Gasteiger charge is -2.11. The third-order valence-corrected chi connectivity index (χ3v) is 3.48. The fourth-order valence-electron chi connectivity index (χ4n) is 1.04. The maximum atomic E-state index is 11.1. The first kappa shape index (κ1) is 13.8. The molecular formula is C10H10Br2ClNO2. The molecule has 0 amide bonds. The highest BCUT2D eigenvalue weighted by atomic mass is 79.9. The molecule has 0 bridgehead atoms. The third-order valence-electron chi connectivity index (χ3n) is 1.86. The van der Waals surface area contributed by atoms with Gasteiger partial charge < -0.3 is 10.1 Å². The van der Waals surface area contributed by atoms with Gasteiger partial charge in [0.15, 0.2) is 0 Å². The van der Waals surface area contributed by atoms with E-state index in [4.69, 9.17) is 11.6 Å². The summed E-state index contributed by atoms with van der Waals surface area (Å²) >= 11 is 12.5. The fraction of sp³-hybridized carbons (Fsp3) is 0.300. The second kappa shape index (κ2) is 6.47. The molecule has 1 aromatic rings. The molecule has 0 spiro atoms. The first-order valence-corrected chi connectivity index (χ1v) is 6.54. The van der Waals surface area contributed by atoms with Crippen LogP contribution in [0.25, 0.3) is 0 Å². The van der Waals surface area contributed by atoms with Crippen LogP contribution < -0.4 is 5.32 Å².